The van der Waals surface area contributed by atoms with Gasteiger partial charge in [0, 0.05) is 23.8 Å². The van der Waals surface area contributed by atoms with Crippen LogP contribution in [0.1, 0.15) is 73.1 Å². The summed E-state index contributed by atoms with van der Waals surface area (Å²) in [6.07, 6.45) is 4.09. The number of carbonyl (C=O) groups is 1. The van der Waals surface area contributed by atoms with Crippen LogP contribution in [-0.4, -0.2) is 34.9 Å². The van der Waals surface area contributed by atoms with E-state index in [0.717, 1.165) is 49.1 Å². The lowest BCUT2D eigenvalue weighted by molar-refractivity contribution is 0.0618. The molecule has 146 valence electrons. The average Bonchev–Trinajstić information content (AvgIpc) is 3.47. The van der Waals surface area contributed by atoms with Gasteiger partial charge in [-0.05, 0) is 57.6 Å². The Morgan fingerprint density at radius 3 is 2.61 bits per heavy atom. The minimum absolute atomic E-state index is 0.0569. The van der Waals surface area contributed by atoms with Gasteiger partial charge in [-0.15, -0.1) is 0 Å². The van der Waals surface area contributed by atoms with Crippen LogP contribution in [-0.2, 0) is 4.74 Å². The molecule has 6 heteroatoms. The fourth-order valence-electron chi connectivity index (χ4n) is 3.83. The normalized spacial score (nSPS) is 19.4. The van der Waals surface area contributed by atoms with Crippen LogP contribution >= 0.6 is 0 Å². The monoisotopic (exact) mass is 378 g/mol. The van der Waals surface area contributed by atoms with Crippen LogP contribution in [0.5, 0.6) is 0 Å². The Hall–Kier alpha value is -2.65. The standard InChI is InChI=1S/C22H26N4O2/c1-14(2)26-21(22(27)24-18-4-3-11-28-13-18)19(16-9-10-16)20(25-26)17-7-5-15(12-23)6-8-17/h5-8,14,16,18H,3-4,9-11,13H2,1-2H3,(H,24,27). The molecular weight excluding hydrogens is 352 g/mol. The second-order valence-corrected chi connectivity index (χ2v) is 8.00. The Kier molecular flexibility index (Phi) is 5.19. The zero-order chi connectivity index (χ0) is 19.7. The van der Waals surface area contributed by atoms with Crippen molar-refractivity contribution < 1.29 is 9.53 Å². The summed E-state index contributed by atoms with van der Waals surface area (Å²) < 4.78 is 7.38. The first-order valence-electron chi connectivity index (χ1n) is 10.1. The van der Waals surface area contributed by atoms with Gasteiger partial charge in [0.1, 0.15) is 5.69 Å². The molecule has 1 unspecified atom stereocenters. The number of benzene rings is 1. The van der Waals surface area contributed by atoms with Crippen LogP contribution in [0.25, 0.3) is 11.3 Å². The fourth-order valence-corrected chi connectivity index (χ4v) is 3.83. The van der Waals surface area contributed by atoms with E-state index in [9.17, 15) is 4.79 Å². The Labute approximate surface area is 165 Å². The SMILES string of the molecule is CC(C)n1nc(-c2ccc(C#N)cc2)c(C2CC2)c1C(=O)NC1CCCOC1. The molecule has 0 bridgehead atoms. The molecular formula is C22H26N4O2. The van der Waals surface area contributed by atoms with Gasteiger partial charge < -0.3 is 10.1 Å². The maximum absolute atomic E-state index is 13.3. The fraction of sp³-hybridized carbons (Fsp3) is 0.500. The molecule has 2 aliphatic rings. The lowest BCUT2D eigenvalue weighted by Crippen LogP contribution is -2.41. The van der Waals surface area contributed by atoms with Gasteiger partial charge in [-0.3, -0.25) is 9.48 Å². The molecule has 1 aliphatic heterocycles. The van der Waals surface area contributed by atoms with Crippen molar-refractivity contribution in [2.24, 2.45) is 0 Å². The molecule has 28 heavy (non-hydrogen) atoms. The highest BCUT2D eigenvalue weighted by Gasteiger charge is 2.36. The first kappa shape index (κ1) is 18.7. The van der Waals surface area contributed by atoms with E-state index in [1.54, 1.807) is 12.1 Å². The van der Waals surface area contributed by atoms with Gasteiger partial charge >= 0.3 is 0 Å². The molecule has 1 aliphatic carbocycles. The van der Waals surface area contributed by atoms with Crippen molar-refractivity contribution in [3.8, 4) is 17.3 Å². The number of aromatic nitrogens is 2. The zero-order valence-corrected chi connectivity index (χ0v) is 16.4. The van der Waals surface area contributed by atoms with Crippen molar-refractivity contribution in [1.82, 2.24) is 15.1 Å². The number of rotatable bonds is 5. The van der Waals surface area contributed by atoms with Gasteiger partial charge in [0.2, 0.25) is 0 Å². The summed E-state index contributed by atoms with van der Waals surface area (Å²) in [5.41, 5.74) is 4.17. The van der Waals surface area contributed by atoms with Crippen LogP contribution < -0.4 is 5.32 Å². The number of nitrogens with one attached hydrogen (secondary N) is 1. The largest absolute Gasteiger partial charge is 0.379 e. The van der Waals surface area contributed by atoms with Crippen LogP contribution in [0, 0.1) is 11.3 Å². The summed E-state index contributed by atoms with van der Waals surface area (Å²) in [5.74, 6) is 0.319. The van der Waals surface area contributed by atoms with Crippen molar-refractivity contribution in [1.29, 1.82) is 5.26 Å². The summed E-state index contributed by atoms with van der Waals surface area (Å²) in [7, 11) is 0. The molecule has 0 spiro atoms. The van der Waals surface area contributed by atoms with Crippen LogP contribution in [0.15, 0.2) is 24.3 Å². The highest BCUT2D eigenvalue weighted by atomic mass is 16.5. The summed E-state index contributed by atoms with van der Waals surface area (Å²) in [4.78, 5) is 13.3. The van der Waals surface area contributed by atoms with Crippen LogP contribution in [0.3, 0.4) is 0 Å². The van der Waals surface area contributed by atoms with E-state index in [2.05, 4.69) is 11.4 Å². The molecule has 2 aromatic rings. The van der Waals surface area contributed by atoms with E-state index in [1.807, 2.05) is 30.7 Å². The van der Waals surface area contributed by atoms with Crippen molar-refractivity contribution in [3.63, 3.8) is 0 Å². The topological polar surface area (TPSA) is 79.9 Å². The zero-order valence-electron chi connectivity index (χ0n) is 16.4. The van der Waals surface area contributed by atoms with E-state index in [-0.39, 0.29) is 18.0 Å². The number of hydrogen-bond donors (Lipinski definition) is 1. The predicted octanol–water partition coefficient (Wildman–Crippen LogP) is 3.79. The molecule has 2 heterocycles. The Morgan fingerprint density at radius 1 is 1.29 bits per heavy atom. The average molecular weight is 378 g/mol. The number of amides is 1. The number of hydrogen-bond acceptors (Lipinski definition) is 4. The molecule has 0 radical (unpaired) electrons. The minimum atomic E-state index is -0.0569. The summed E-state index contributed by atoms with van der Waals surface area (Å²) in [5, 5.41) is 17.1. The van der Waals surface area contributed by atoms with E-state index < -0.39 is 0 Å². The van der Waals surface area contributed by atoms with Crippen molar-refractivity contribution >= 4 is 5.91 Å². The third-order valence-corrected chi connectivity index (χ3v) is 5.42. The third-order valence-electron chi connectivity index (χ3n) is 5.42. The minimum Gasteiger partial charge on any atom is -0.379 e. The number of nitrogens with zero attached hydrogens (tertiary/aromatic N) is 3. The van der Waals surface area contributed by atoms with E-state index in [4.69, 9.17) is 15.1 Å². The molecule has 2 fully saturated rings. The van der Waals surface area contributed by atoms with Crippen molar-refractivity contribution in [2.45, 2.75) is 57.5 Å². The Bertz CT molecular complexity index is 898. The maximum Gasteiger partial charge on any atom is 0.270 e. The second-order valence-electron chi connectivity index (χ2n) is 8.00. The predicted molar refractivity (Wildman–Crippen MR) is 106 cm³/mol. The Balaban J connectivity index is 1.74. The molecule has 4 rings (SSSR count). The molecule has 1 amide bonds. The summed E-state index contributed by atoms with van der Waals surface area (Å²) >= 11 is 0. The number of ether oxygens (including phenoxy) is 1. The van der Waals surface area contributed by atoms with Crippen molar-refractivity contribution in [3.05, 3.63) is 41.1 Å². The lowest BCUT2D eigenvalue weighted by atomic mass is 10.00. The number of nitriles is 1. The molecule has 1 saturated heterocycles. The lowest BCUT2D eigenvalue weighted by Gasteiger charge is -2.24. The summed E-state index contributed by atoms with van der Waals surface area (Å²) in [6.45, 7) is 5.44. The van der Waals surface area contributed by atoms with Gasteiger partial charge in [-0.2, -0.15) is 10.4 Å². The van der Waals surface area contributed by atoms with Gasteiger partial charge in [0.25, 0.3) is 5.91 Å². The van der Waals surface area contributed by atoms with E-state index in [1.165, 1.54) is 0 Å². The first-order chi connectivity index (χ1) is 13.6. The highest BCUT2D eigenvalue weighted by molar-refractivity contribution is 5.96. The van der Waals surface area contributed by atoms with Crippen molar-refractivity contribution in [2.75, 3.05) is 13.2 Å². The molecule has 1 N–H and O–H groups in total. The molecule has 1 aromatic carbocycles. The third kappa shape index (κ3) is 3.67. The maximum atomic E-state index is 13.3. The van der Waals surface area contributed by atoms with Crippen LogP contribution in [0.4, 0.5) is 0 Å². The molecule has 1 atom stereocenters. The second kappa shape index (κ2) is 7.76. The smallest absolute Gasteiger partial charge is 0.270 e. The molecule has 6 nitrogen and oxygen atoms in total. The van der Waals surface area contributed by atoms with E-state index in [0.29, 0.717) is 23.8 Å². The highest BCUT2D eigenvalue weighted by Crippen LogP contribution is 2.46. The Morgan fingerprint density at radius 2 is 2.04 bits per heavy atom. The van der Waals surface area contributed by atoms with E-state index >= 15 is 0 Å². The summed E-state index contributed by atoms with van der Waals surface area (Å²) in [6, 6.07) is 9.75. The van der Waals surface area contributed by atoms with Gasteiger partial charge in [-0.1, -0.05) is 12.1 Å². The first-order valence-corrected chi connectivity index (χ1v) is 10.1. The quantitative estimate of drug-likeness (QED) is 0.858. The van der Waals surface area contributed by atoms with Gasteiger partial charge in [0.05, 0.1) is 30.0 Å². The number of carbonyl (C=O) groups excluding carboxylic acids is 1. The molecule has 1 aromatic heterocycles. The van der Waals surface area contributed by atoms with Gasteiger partial charge in [-0.25, -0.2) is 0 Å². The molecule has 1 saturated carbocycles. The van der Waals surface area contributed by atoms with Gasteiger partial charge in [0.15, 0.2) is 0 Å². The van der Waals surface area contributed by atoms with Crippen LogP contribution in [0.2, 0.25) is 0 Å².